The first kappa shape index (κ1) is 18.9. The molecule has 0 spiro atoms. The minimum Gasteiger partial charge on any atom is -0.494 e. The van der Waals surface area contributed by atoms with Crippen LogP contribution in [-0.2, 0) is 11.3 Å². The number of aliphatic carboxylic acids is 1. The van der Waals surface area contributed by atoms with Gasteiger partial charge in [0.05, 0.1) is 17.9 Å². The second kappa shape index (κ2) is 9.18. The topological polar surface area (TPSA) is 112 Å². The van der Waals surface area contributed by atoms with Crippen LogP contribution in [0.25, 0.3) is 0 Å². The number of hydrogen-bond acceptors (Lipinski definition) is 5. The molecule has 0 bridgehead atoms. The third-order valence-electron chi connectivity index (χ3n) is 3.62. The molecule has 0 saturated heterocycles. The van der Waals surface area contributed by atoms with E-state index in [1.54, 1.807) is 25.1 Å². The Morgan fingerprint density at radius 1 is 1.23 bits per heavy atom. The van der Waals surface area contributed by atoms with Crippen molar-refractivity contribution in [2.24, 2.45) is 0 Å². The van der Waals surface area contributed by atoms with E-state index in [-0.39, 0.29) is 18.0 Å². The Kier molecular flexibility index (Phi) is 6.68. The van der Waals surface area contributed by atoms with Crippen LogP contribution in [0.1, 0.15) is 40.2 Å². The molecule has 0 atom stereocenters. The summed E-state index contributed by atoms with van der Waals surface area (Å²) in [4.78, 5) is 26.7. The molecule has 7 heteroatoms. The zero-order valence-corrected chi connectivity index (χ0v) is 14.4. The van der Waals surface area contributed by atoms with Gasteiger partial charge in [0.2, 0.25) is 0 Å². The number of carbonyl (C=O) groups is 2. The number of carboxylic acid groups (broad SMARTS) is 1. The normalized spacial score (nSPS) is 10.0. The largest absolute Gasteiger partial charge is 0.494 e. The van der Waals surface area contributed by atoms with Gasteiger partial charge >= 0.3 is 5.97 Å². The summed E-state index contributed by atoms with van der Waals surface area (Å²) in [6.45, 7) is 2.36. The first-order valence-electron chi connectivity index (χ1n) is 8.09. The molecule has 0 unspecified atom stereocenters. The quantitative estimate of drug-likeness (QED) is 0.705. The van der Waals surface area contributed by atoms with Crippen LogP contribution >= 0.6 is 0 Å². The van der Waals surface area contributed by atoms with Gasteiger partial charge in [-0.2, -0.15) is 5.26 Å². The molecule has 134 valence electrons. The molecule has 0 radical (unpaired) electrons. The number of ether oxygens (including phenoxy) is 1. The fourth-order valence-corrected chi connectivity index (χ4v) is 2.20. The molecule has 0 aliphatic heterocycles. The van der Waals surface area contributed by atoms with E-state index in [1.165, 1.54) is 6.07 Å². The number of pyridine rings is 1. The molecular weight excluding hydrogens is 334 g/mol. The summed E-state index contributed by atoms with van der Waals surface area (Å²) in [6, 6.07) is 12.3. The van der Waals surface area contributed by atoms with Crippen molar-refractivity contribution in [2.45, 2.75) is 26.3 Å². The van der Waals surface area contributed by atoms with Crippen LogP contribution in [-0.4, -0.2) is 28.6 Å². The van der Waals surface area contributed by atoms with E-state index in [0.29, 0.717) is 36.6 Å². The number of nitrogens with one attached hydrogen (secondary N) is 1. The first-order chi connectivity index (χ1) is 12.5. The number of benzene rings is 1. The molecule has 0 aliphatic carbocycles. The predicted molar refractivity (Wildman–Crippen MR) is 93.7 cm³/mol. The number of aryl methyl sites for hydroxylation is 1. The van der Waals surface area contributed by atoms with Gasteiger partial charge in [-0.25, -0.2) is 4.98 Å². The van der Waals surface area contributed by atoms with Gasteiger partial charge in [0, 0.05) is 13.0 Å². The Labute approximate surface area is 151 Å². The van der Waals surface area contributed by atoms with Crippen LogP contribution in [0.2, 0.25) is 0 Å². The Hall–Kier alpha value is -3.40. The fraction of sp³-hybridized carbons (Fsp3) is 0.263. The second-order valence-electron chi connectivity index (χ2n) is 5.61. The zero-order chi connectivity index (χ0) is 18.9. The highest BCUT2D eigenvalue weighted by atomic mass is 16.5. The molecule has 1 amide bonds. The zero-order valence-electron chi connectivity index (χ0n) is 14.4. The number of carbonyl (C=O) groups excluding carboxylic acids is 1. The summed E-state index contributed by atoms with van der Waals surface area (Å²) in [5.74, 6) is -0.506. The number of amides is 1. The molecule has 7 nitrogen and oxygen atoms in total. The van der Waals surface area contributed by atoms with Crippen LogP contribution in [0.15, 0.2) is 36.4 Å². The van der Waals surface area contributed by atoms with Crippen molar-refractivity contribution in [3.05, 3.63) is 58.9 Å². The third-order valence-corrected chi connectivity index (χ3v) is 3.62. The van der Waals surface area contributed by atoms with Gasteiger partial charge in [0.1, 0.15) is 17.5 Å². The van der Waals surface area contributed by atoms with Gasteiger partial charge in [-0.3, -0.25) is 9.59 Å². The Morgan fingerprint density at radius 3 is 2.58 bits per heavy atom. The predicted octanol–water partition coefficient (Wildman–Crippen LogP) is 2.44. The molecule has 0 saturated carbocycles. The SMILES string of the molecule is Cc1nc(C(=O)NCc2ccc(OCCCC(=O)O)cc2)ccc1C#N. The van der Waals surface area contributed by atoms with Crippen molar-refractivity contribution in [1.29, 1.82) is 5.26 Å². The monoisotopic (exact) mass is 353 g/mol. The maximum absolute atomic E-state index is 12.1. The lowest BCUT2D eigenvalue weighted by molar-refractivity contribution is -0.137. The van der Waals surface area contributed by atoms with E-state index >= 15 is 0 Å². The van der Waals surface area contributed by atoms with Gasteiger partial charge < -0.3 is 15.2 Å². The number of carboxylic acids is 1. The van der Waals surface area contributed by atoms with Gasteiger partial charge in [-0.1, -0.05) is 12.1 Å². The average molecular weight is 353 g/mol. The summed E-state index contributed by atoms with van der Waals surface area (Å²) in [5.41, 5.74) is 2.12. The van der Waals surface area contributed by atoms with Crippen molar-refractivity contribution in [1.82, 2.24) is 10.3 Å². The van der Waals surface area contributed by atoms with Gasteiger partial charge in [-0.15, -0.1) is 0 Å². The van der Waals surface area contributed by atoms with Gasteiger partial charge in [0.15, 0.2) is 0 Å². The molecule has 1 aromatic carbocycles. The number of aromatic nitrogens is 1. The minimum absolute atomic E-state index is 0.0764. The van der Waals surface area contributed by atoms with Gasteiger partial charge in [0.25, 0.3) is 5.91 Å². The highest BCUT2D eigenvalue weighted by Crippen LogP contribution is 2.13. The summed E-state index contributed by atoms with van der Waals surface area (Å²) >= 11 is 0. The van der Waals surface area contributed by atoms with E-state index in [2.05, 4.69) is 10.3 Å². The molecule has 2 aromatic rings. The molecular formula is C19H19N3O4. The maximum atomic E-state index is 12.1. The van der Waals surface area contributed by atoms with Crippen LogP contribution in [0, 0.1) is 18.3 Å². The average Bonchev–Trinajstić information content (AvgIpc) is 2.64. The Balaban J connectivity index is 1.83. The lowest BCUT2D eigenvalue weighted by Crippen LogP contribution is -2.24. The van der Waals surface area contributed by atoms with Crippen LogP contribution in [0.4, 0.5) is 0 Å². The van der Waals surface area contributed by atoms with Crippen molar-refractivity contribution in [2.75, 3.05) is 6.61 Å². The lowest BCUT2D eigenvalue weighted by Gasteiger charge is -2.08. The highest BCUT2D eigenvalue weighted by Gasteiger charge is 2.09. The molecule has 2 rings (SSSR count). The standard InChI is InChI=1S/C19H19N3O4/c1-13-15(11-20)6-9-17(22-13)19(25)21-12-14-4-7-16(8-5-14)26-10-2-3-18(23)24/h4-9H,2-3,10,12H2,1H3,(H,21,25)(H,23,24). The Morgan fingerprint density at radius 2 is 1.96 bits per heavy atom. The smallest absolute Gasteiger partial charge is 0.303 e. The van der Waals surface area contributed by atoms with E-state index < -0.39 is 5.97 Å². The number of rotatable bonds is 8. The summed E-state index contributed by atoms with van der Waals surface area (Å²) < 4.78 is 5.45. The molecule has 1 heterocycles. The van der Waals surface area contributed by atoms with Crippen molar-refractivity contribution >= 4 is 11.9 Å². The third kappa shape index (κ3) is 5.60. The van der Waals surface area contributed by atoms with E-state index in [1.807, 2.05) is 18.2 Å². The van der Waals surface area contributed by atoms with E-state index in [9.17, 15) is 9.59 Å². The minimum atomic E-state index is -0.841. The molecule has 2 N–H and O–H groups in total. The van der Waals surface area contributed by atoms with E-state index in [0.717, 1.165) is 5.56 Å². The van der Waals surface area contributed by atoms with Gasteiger partial charge in [-0.05, 0) is 43.2 Å². The first-order valence-corrected chi connectivity index (χ1v) is 8.09. The highest BCUT2D eigenvalue weighted by molar-refractivity contribution is 5.92. The van der Waals surface area contributed by atoms with Crippen molar-refractivity contribution in [3.63, 3.8) is 0 Å². The van der Waals surface area contributed by atoms with Crippen molar-refractivity contribution < 1.29 is 19.4 Å². The fourth-order valence-electron chi connectivity index (χ4n) is 2.20. The molecule has 26 heavy (non-hydrogen) atoms. The molecule has 0 fully saturated rings. The molecule has 0 aliphatic rings. The van der Waals surface area contributed by atoms with Crippen LogP contribution < -0.4 is 10.1 Å². The second-order valence-corrected chi connectivity index (χ2v) is 5.61. The van der Waals surface area contributed by atoms with Crippen molar-refractivity contribution in [3.8, 4) is 11.8 Å². The van der Waals surface area contributed by atoms with Crippen LogP contribution in [0.5, 0.6) is 5.75 Å². The summed E-state index contributed by atoms with van der Waals surface area (Å²) in [7, 11) is 0. The van der Waals surface area contributed by atoms with E-state index in [4.69, 9.17) is 15.1 Å². The number of nitriles is 1. The number of hydrogen-bond donors (Lipinski definition) is 2. The van der Waals surface area contributed by atoms with Crippen LogP contribution in [0.3, 0.4) is 0 Å². The molecule has 1 aromatic heterocycles. The summed E-state index contributed by atoms with van der Waals surface area (Å²) in [6.07, 6.45) is 0.525. The summed E-state index contributed by atoms with van der Waals surface area (Å²) in [5, 5.41) is 20.2. The lowest BCUT2D eigenvalue weighted by atomic mass is 10.2. The number of nitrogens with zero attached hydrogens (tertiary/aromatic N) is 2. The maximum Gasteiger partial charge on any atom is 0.303 e. The Bertz CT molecular complexity index is 826.